The monoisotopic (exact) mass is 395 g/mol. The van der Waals surface area contributed by atoms with Crippen LogP contribution in [0.2, 0.25) is 0 Å². The standard InChI is InChI=1S/C16H14BrNO4S/c1-2-22-16(19)10-18-14-8-7-11(17)9-13(14)12-5-3-4-6-15(12)23(18,20)21/h3-9H,2,10H2,1H3. The zero-order valence-corrected chi connectivity index (χ0v) is 14.7. The van der Waals surface area contributed by atoms with Crippen LogP contribution in [0.1, 0.15) is 6.92 Å². The van der Waals surface area contributed by atoms with Crippen LogP contribution in [-0.2, 0) is 19.6 Å². The van der Waals surface area contributed by atoms with Gasteiger partial charge >= 0.3 is 5.97 Å². The molecule has 1 aliphatic rings. The molecule has 0 atom stereocenters. The number of ether oxygens (including phenoxy) is 1. The molecule has 2 aromatic carbocycles. The van der Waals surface area contributed by atoms with Crippen molar-refractivity contribution in [1.29, 1.82) is 0 Å². The Morgan fingerprint density at radius 2 is 1.91 bits per heavy atom. The molecule has 0 aromatic heterocycles. The lowest BCUT2D eigenvalue weighted by Crippen LogP contribution is -2.39. The predicted molar refractivity (Wildman–Crippen MR) is 90.7 cm³/mol. The van der Waals surface area contributed by atoms with Gasteiger partial charge in [-0.2, -0.15) is 0 Å². The molecule has 0 saturated carbocycles. The molecular formula is C16H14BrNO4S. The van der Waals surface area contributed by atoms with Crippen LogP contribution in [0, 0.1) is 0 Å². The van der Waals surface area contributed by atoms with Gasteiger partial charge in [0.2, 0.25) is 0 Å². The van der Waals surface area contributed by atoms with E-state index in [9.17, 15) is 13.2 Å². The topological polar surface area (TPSA) is 63.7 Å². The lowest BCUT2D eigenvalue weighted by atomic mass is 10.0. The second kappa shape index (κ2) is 5.98. The number of benzene rings is 2. The van der Waals surface area contributed by atoms with E-state index in [0.29, 0.717) is 11.3 Å². The van der Waals surface area contributed by atoms with Gasteiger partial charge in [-0.1, -0.05) is 34.1 Å². The smallest absolute Gasteiger partial charge is 0.326 e. The second-order valence-electron chi connectivity index (χ2n) is 4.97. The van der Waals surface area contributed by atoms with Gasteiger partial charge in [-0.15, -0.1) is 0 Å². The fourth-order valence-corrected chi connectivity index (χ4v) is 4.60. The van der Waals surface area contributed by atoms with Gasteiger partial charge in [-0.3, -0.25) is 9.10 Å². The molecule has 120 valence electrons. The SMILES string of the molecule is CCOC(=O)CN1c2ccc(Br)cc2-c2ccccc2S1(=O)=O. The van der Waals surface area contributed by atoms with Crippen molar-refractivity contribution in [3.8, 4) is 11.1 Å². The molecule has 0 bridgehead atoms. The van der Waals surface area contributed by atoms with Crippen LogP contribution in [0.5, 0.6) is 0 Å². The summed E-state index contributed by atoms with van der Waals surface area (Å²) >= 11 is 3.41. The third-order valence-corrected chi connectivity index (χ3v) is 5.86. The van der Waals surface area contributed by atoms with Crippen molar-refractivity contribution in [2.45, 2.75) is 11.8 Å². The first-order valence-electron chi connectivity index (χ1n) is 7.02. The highest BCUT2D eigenvalue weighted by atomic mass is 79.9. The number of nitrogens with zero attached hydrogens (tertiary/aromatic N) is 1. The van der Waals surface area contributed by atoms with Crippen molar-refractivity contribution in [2.24, 2.45) is 0 Å². The quantitative estimate of drug-likeness (QED) is 0.748. The van der Waals surface area contributed by atoms with Crippen molar-refractivity contribution in [2.75, 3.05) is 17.5 Å². The van der Waals surface area contributed by atoms with Gasteiger partial charge in [0.1, 0.15) is 6.54 Å². The summed E-state index contributed by atoms with van der Waals surface area (Å²) in [5.41, 5.74) is 1.86. The average Bonchev–Trinajstić information content (AvgIpc) is 2.52. The predicted octanol–water partition coefficient (Wildman–Crippen LogP) is 3.19. The Balaban J connectivity index is 2.21. The minimum atomic E-state index is -3.81. The highest BCUT2D eigenvalue weighted by Gasteiger charge is 2.36. The zero-order chi connectivity index (χ0) is 16.6. The minimum Gasteiger partial charge on any atom is -0.465 e. The van der Waals surface area contributed by atoms with E-state index >= 15 is 0 Å². The first-order chi connectivity index (χ1) is 10.9. The van der Waals surface area contributed by atoms with E-state index in [1.54, 1.807) is 43.3 Å². The maximum absolute atomic E-state index is 12.9. The van der Waals surface area contributed by atoms with Gasteiger partial charge in [-0.05, 0) is 31.2 Å². The van der Waals surface area contributed by atoms with Crippen LogP contribution < -0.4 is 4.31 Å². The number of hydrogen-bond acceptors (Lipinski definition) is 4. The molecule has 1 aliphatic heterocycles. The number of fused-ring (bicyclic) bond motifs is 3. The average molecular weight is 396 g/mol. The molecule has 0 aliphatic carbocycles. The maximum atomic E-state index is 12.9. The molecule has 0 saturated heterocycles. The van der Waals surface area contributed by atoms with E-state index < -0.39 is 16.0 Å². The molecule has 2 aromatic rings. The number of sulfonamides is 1. The molecular weight excluding hydrogens is 382 g/mol. The number of esters is 1. The summed E-state index contributed by atoms with van der Waals surface area (Å²) in [6, 6.07) is 12.1. The Morgan fingerprint density at radius 1 is 1.17 bits per heavy atom. The molecule has 0 amide bonds. The number of hydrogen-bond donors (Lipinski definition) is 0. The molecule has 0 spiro atoms. The normalized spacial score (nSPS) is 14.8. The van der Waals surface area contributed by atoms with Crippen LogP contribution in [0.3, 0.4) is 0 Å². The zero-order valence-electron chi connectivity index (χ0n) is 12.3. The van der Waals surface area contributed by atoms with E-state index in [1.165, 1.54) is 0 Å². The van der Waals surface area contributed by atoms with Crippen LogP contribution in [0.25, 0.3) is 11.1 Å². The molecule has 5 nitrogen and oxygen atoms in total. The Labute approximate surface area is 143 Å². The Morgan fingerprint density at radius 3 is 2.65 bits per heavy atom. The van der Waals surface area contributed by atoms with Gasteiger partial charge in [-0.25, -0.2) is 8.42 Å². The molecule has 0 fully saturated rings. The molecule has 0 radical (unpaired) electrons. The van der Waals surface area contributed by atoms with Gasteiger partial charge in [0.25, 0.3) is 10.0 Å². The maximum Gasteiger partial charge on any atom is 0.326 e. The van der Waals surface area contributed by atoms with Gasteiger partial charge < -0.3 is 4.74 Å². The lowest BCUT2D eigenvalue weighted by molar-refractivity contribution is -0.141. The minimum absolute atomic E-state index is 0.190. The van der Waals surface area contributed by atoms with E-state index in [1.807, 2.05) is 6.07 Å². The summed E-state index contributed by atoms with van der Waals surface area (Å²) in [4.78, 5) is 12.0. The Kier molecular flexibility index (Phi) is 4.16. The van der Waals surface area contributed by atoms with E-state index in [-0.39, 0.29) is 18.0 Å². The third kappa shape index (κ3) is 2.74. The second-order valence-corrected chi connectivity index (χ2v) is 7.72. The summed E-state index contributed by atoms with van der Waals surface area (Å²) in [7, 11) is -3.81. The van der Waals surface area contributed by atoms with Gasteiger partial charge in [0, 0.05) is 15.6 Å². The summed E-state index contributed by atoms with van der Waals surface area (Å²) in [6.07, 6.45) is 0. The van der Waals surface area contributed by atoms with Crippen LogP contribution in [0.4, 0.5) is 5.69 Å². The fourth-order valence-electron chi connectivity index (χ4n) is 2.60. The van der Waals surface area contributed by atoms with Gasteiger partial charge in [0.15, 0.2) is 0 Å². The van der Waals surface area contributed by atoms with E-state index in [0.717, 1.165) is 14.3 Å². The molecule has 1 heterocycles. The van der Waals surface area contributed by atoms with Crippen LogP contribution >= 0.6 is 15.9 Å². The van der Waals surface area contributed by atoms with Crippen molar-refractivity contribution in [3.63, 3.8) is 0 Å². The highest BCUT2D eigenvalue weighted by Crippen LogP contribution is 2.43. The summed E-state index contributed by atoms with van der Waals surface area (Å²) in [5, 5.41) is 0. The molecule has 0 N–H and O–H groups in total. The summed E-state index contributed by atoms with van der Waals surface area (Å²) in [6.45, 7) is 1.54. The first-order valence-corrected chi connectivity index (χ1v) is 9.25. The fraction of sp³-hybridized carbons (Fsp3) is 0.188. The lowest BCUT2D eigenvalue weighted by Gasteiger charge is -2.31. The molecule has 23 heavy (non-hydrogen) atoms. The van der Waals surface area contributed by atoms with Crippen molar-refractivity contribution in [1.82, 2.24) is 0 Å². The number of halogens is 1. The Hall–Kier alpha value is -1.86. The number of carbonyl (C=O) groups is 1. The molecule has 3 rings (SSSR count). The van der Waals surface area contributed by atoms with Crippen LogP contribution in [0.15, 0.2) is 51.8 Å². The number of rotatable bonds is 3. The van der Waals surface area contributed by atoms with Gasteiger partial charge in [0.05, 0.1) is 17.2 Å². The highest BCUT2D eigenvalue weighted by molar-refractivity contribution is 9.10. The number of carbonyl (C=O) groups excluding carboxylic acids is 1. The Bertz CT molecular complexity index is 879. The first kappa shape index (κ1) is 16.0. The van der Waals surface area contributed by atoms with Crippen molar-refractivity contribution < 1.29 is 17.9 Å². The summed E-state index contributed by atoms with van der Waals surface area (Å²) < 4.78 is 32.6. The largest absolute Gasteiger partial charge is 0.465 e. The molecule has 7 heteroatoms. The number of anilines is 1. The third-order valence-electron chi connectivity index (χ3n) is 3.55. The van der Waals surface area contributed by atoms with E-state index in [4.69, 9.17) is 4.74 Å². The van der Waals surface area contributed by atoms with Crippen LogP contribution in [-0.4, -0.2) is 27.5 Å². The summed E-state index contributed by atoms with van der Waals surface area (Å²) in [5.74, 6) is -0.579. The van der Waals surface area contributed by atoms with Crippen molar-refractivity contribution >= 4 is 37.6 Å². The van der Waals surface area contributed by atoms with E-state index in [2.05, 4.69) is 15.9 Å². The van der Waals surface area contributed by atoms with Crippen molar-refractivity contribution in [3.05, 3.63) is 46.9 Å². The molecule has 0 unspecified atom stereocenters.